The van der Waals surface area contributed by atoms with E-state index in [2.05, 4.69) is 16.9 Å². The van der Waals surface area contributed by atoms with Gasteiger partial charge in [-0.1, -0.05) is 19.1 Å². The molecular weight excluding hydrogens is 270 g/mol. The Morgan fingerprint density at radius 1 is 1.20 bits per heavy atom. The highest BCUT2D eigenvalue weighted by atomic mass is 32.2. The molecule has 4 N–H and O–H groups in total. The summed E-state index contributed by atoms with van der Waals surface area (Å²) in [6, 6.07) is 9.87. The van der Waals surface area contributed by atoms with Crippen molar-refractivity contribution >= 4 is 23.5 Å². The van der Waals surface area contributed by atoms with Gasteiger partial charge in [0.2, 0.25) is 5.95 Å². The molecule has 0 aliphatic carbocycles. The van der Waals surface area contributed by atoms with Crippen molar-refractivity contribution in [3.63, 3.8) is 0 Å². The van der Waals surface area contributed by atoms with E-state index in [1.807, 2.05) is 30.3 Å². The molecule has 6 heteroatoms. The van der Waals surface area contributed by atoms with Crippen molar-refractivity contribution in [1.82, 2.24) is 9.97 Å². The second kappa shape index (κ2) is 6.26. The number of aromatic nitrogens is 2. The first-order valence-electron chi connectivity index (χ1n) is 6.22. The van der Waals surface area contributed by atoms with Crippen LogP contribution in [0.25, 0.3) is 11.3 Å². The van der Waals surface area contributed by atoms with Gasteiger partial charge >= 0.3 is 0 Å². The summed E-state index contributed by atoms with van der Waals surface area (Å²) >= 11 is 1.79. The number of nitriles is 1. The molecule has 102 valence electrons. The van der Waals surface area contributed by atoms with Gasteiger partial charge in [0.25, 0.3) is 0 Å². The van der Waals surface area contributed by atoms with Gasteiger partial charge in [-0.05, 0) is 24.3 Å². The second-order valence-electron chi connectivity index (χ2n) is 4.18. The van der Waals surface area contributed by atoms with Crippen molar-refractivity contribution in [2.24, 2.45) is 0 Å². The zero-order chi connectivity index (χ0) is 14.5. The molecule has 0 radical (unpaired) electrons. The maximum absolute atomic E-state index is 9.17. The molecule has 5 nitrogen and oxygen atoms in total. The summed E-state index contributed by atoms with van der Waals surface area (Å²) in [5.41, 5.74) is 12.9. The molecule has 1 heterocycles. The third-order valence-corrected chi connectivity index (χ3v) is 3.88. The van der Waals surface area contributed by atoms with Gasteiger partial charge < -0.3 is 11.5 Å². The normalized spacial score (nSPS) is 10.2. The summed E-state index contributed by atoms with van der Waals surface area (Å²) in [5, 5.41) is 9.17. The lowest BCUT2D eigenvalue weighted by Gasteiger charge is -2.07. The van der Waals surface area contributed by atoms with Gasteiger partial charge in [-0.3, -0.25) is 0 Å². The highest BCUT2D eigenvalue weighted by molar-refractivity contribution is 7.99. The Kier molecular flexibility index (Phi) is 4.43. The number of nitrogens with zero attached hydrogens (tertiary/aromatic N) is 3. The number of hydrogen-bond acceptors (Lipinski definition) is 6. The zero-order valence-corrected chi connectivity index (χ0v) is 11.9. The van der Waals surface area contributed by atoms with Crippen LogP contribution in [0.3, 0.4) is 0 Å². The Morgan fingerprint density at radius 3 is 2.50 bits per heavy atom. The van der Waals surface area contributed by atoms with Crippen LogP contribution in [0.2, 0.25) is 0 Å². The van der Waals surface area contributed by atoms with Crippen LogP contribution in [0.1, 0.15) is 18.9 Å². The SMILES string of the molecule is CCCSc1ccc(-c2nc(N)nc(N)c2C#N)cc1. The molecule has 0 aliphatic rings. The number of hydrogen-bond donors (Lipinski definition) is 2. The molecule has 0 saturated carbocycles. The number of nitrogens with two attached hydrogens (primary N) is 2. The number of anilines is 2. The molecule has 0 aliphatic heterocycles. The Morgan fingerprint density at radius 2 is 1.90 bits per heavy atom. The first-order valence-corrected chi connectivity index (χ1v) is 7.20. The minimum atomic E-state index is 0.0703. The van der Waals surface area contributed by atoms with Gasteiger partial charge in [-0.15, -0.1) is 11.8 Å². The van der Waals surface area contributed by atoms with Crippen LogP contribution in [-0.2, 0) is 0 Å². The first kappa shape index (κ1) is 14.2. The van der Waals surface area contributed by atoms with Crippen LogP contribution in [0, 0.1) is 11.3 Å². The van der Waals surface area contributed by atoms with Crippen molar-refractivity contribution in [2.45, 2.75) is 18.2 Å². The average Bonchev–Trinajstić information content (AvgIpc) is 2.45. The van der Waals surface area contributed by atoms with Crippen LogP contribution >= 0.6 is 11.8 Å². The van der Waals surface area contributed by atoms with Gasteiger partial charge in [0, 0.05) is 10.5 Å². The van der Waals surface area contributed by atoms with Gasteiger partial charge in [0.15, 0.2) is 0 Å². The van der Waals surface area contributed by atoms with E-state index < -0.39 is 0 Å². The van der Waals surface area contributed by atoms with Crippen LogP contribution in [-0.4, -0.2) is 15.7 Å². The van der Waals surface area contributed by atoms with E-state index in [1.54, 1.807) is 11.8 Å². The largest absolute Gasteiger partial charge is 0.382 e. The number of rotatable bonds is 4. The second-order valence-corrected chi connectivity index (χ2v) is 5.34. The fourth-order valence-corrected chi connectivity index (χ4v) is 2.51. The molecule has 0 unspecified atom stereocenters. The van der Waals surface area contributed by atoms with Crippen LogP contribution in [0.15, 0.2) is 29.2 Å². The Balaban J connectivity index is 2.39. The van der Waals surface area contributed by atoms with Gasteiger partial charge in [0.05, 0.1) is 5.69 Å². The summed E-state index contributed by atoms with van der Waals surface area (Å²) in [6.07, 6.45) is 1.13. The number of nitrogen functional groups attached to an aromatic ring is 2. The predicted molar refractivity (Wildman–Crippen MR) is 82.0 cm³/mol. The van der Waals surface area contributed by atoms with E-state index in [-0.39, 0.29) is 17.3 Å². The van der Waals surface area contributed by atoms with Crippen molar-refractivity contribution in [3.05, 3.63) is 29.8 Å². The maximum Gasteiger partial charge on any atom is 0.222 e. The smallest absolute Gasteiger partial charge is 0.222 e. The predicted octanol–water partition coefficient (Wildman–Crippen LogP) is 2.68. The molecule has 0 bridgehead atoms. The van der Waals surface area contributed by atoms with Gasteiger partial charge in [-0.2, -0.15) is 10.2 Å². The van der Waals surface area contributed by atoms with Crippen LogP contribution in [0.4, 0.5) is 11.8 Å². The maximum atomic E-state index is 9.17. The Hall–Kier alpha value is -2.26. The van der Waals surface area contributed by atoms with E-state index in [9.17, 15) is 0 Å². The van der Waals surface area contributed by atoms with E-state index in [4.69, 9.17) is 16.7 Å². The lowest BCUT2D eigenvalue weighted by molar-refractivity contribution is 1.10. The minimum Gasteiger partial charge on any atom is -0.382 e. The van der Waals surface area contributed by atoms with Crippen molar-refractivity contribution in [1.29, 1.82) is 5.26 Å². The summed E-state index contributed by atoms with van der Waals surface area (Å²) < 4.78 is 0. The topological polar surface area (TPSA) is 102 Å². The van der Waals surface area contributed by atoms with E-state index >= 15 is 0 Å². The fourth-order valence-electron chi connectivity index (χ4n) is 1.74. The molecule has 20 heavy (non-hydrogen) atoms. The molecule has 0 amide bonds. The van der Waals surface area contributed by atoms with Gasteiger partial charge in [0.1, 0.15) is 17.5 Å². The summed E-state index contributed by atoms with van der Waals surface area (Å²) in [6.45, 7) is 2.15. The molecule has 0 fully saturated rings. The van der Waals surface area contributed by atoms with Crippen LogP contribution in [0.5, 0.6) is 0 Å². The third-order valence-electron chi connectivity index (χ3n) is 2.67. The van der Waals surface area contributed by atoms with Crippen molar-refractivity contribution in [2.75, 3.05) is 17.2 Å². The molecule has 0 saturated heterocycles. The quantitative estimate of drug-likeness (QED) is 0.837. The molecule has 1 aromatic carbocycles. The lowest BCUT2D eigenvalue weighted by Crippen LogP contribution is -2.04. The highest BCUT2D eigenvalue weighted by Crippen LogP contribution is 2.27. The standard InChI is InChI=1S/C14H15N5S/c1-2-7-20-10-5-3-9(4-6-10)12-11(8-15)13(16)19-14(17)18-12/h3-6H,2,7H2,1H3,(H4,16,17,18,19). The highest BCUT2D eigenvalue weighted by Gasteiger charge is 2.12. The molecule has 2 rings (SSSR count). The molecular formula is C14H15N5S. The minimum absolute atomic E-state index is 0.0703. The van der Waals surface area contributed by atoms with Crippen LogP contribution < -0.4 is 11.5 Å². The molecule has 1 aromatic heterocycles. The number of benzene rings is 1. The van der Waals surface area contributed by atoms with E-state index in [0.29, 0.717) is 5.69 Å². The third kappa shape index (κ3) is 3.00. The number of thioether (sulfide) groups is 1. The van der Waals surface area contributed by atoms with Gasteiger partial charge in [-0.25, -0.2) is 4.98 Å². The van der Waals surface area contributed by atoms with E-state index in [1.165, 1.54) is 4.90 Å². The Bertz CT molecular complexity index is 646. The average molecular weight is 285 g/mol. The van der Waals surface area contributed by atoms with Crippen molar-refractivity contribution in [3.8, 4) is 17.3 Å². The summed E-state index contributed by atoms with van der Waals surface area (Å²) in [5.74, 6) is 1.26. The fraction of sp³-hybridized carbons (Fsp3) is 0.214. The van der Waals surface area contributed by atoms with E-state index in [0.717, 1.165) is 17.7 Å². The zero-order valence-electron chi connectivity index (χ0n) is 11.1. The lowest BCUT2D eigenvalue weighted by atomic mass is 10.1. The monoisotopic (exact) mass is 285 g/mol. The summed E-state index contributed by atoms with van der Waals surface area (Å²) in [7, 11) is 0. The summed E-state index contributed by atoms with van der Waals surface area (Å²) in [4.78, 5) is 9.12. The first-order chi connectivity index (χ1) is 9.65. The molecule has 2 aromatic rings. The van der Waals surface area contributed by atoms with Crippen molar-refractivity contribution < 1.29 is 0 Å². The molecule has 0 atom stereocenters. The molecule has 0 spiro atoms. The Labute approximate surface area is 122 Å².